The van der Waals surface area contributed by atoms with Gasteiger partial charge in [0, 0.05) is 58.4 Å². The number of H-pyrrole nitrogens is 1. The molecule has 0 saturated heterocycles. The van der Waals surface area contributed by atoms with Gasteiger partial charge in [0.1, 0.15) is 88.2 Å². The maximum atomic E-state index is 15.2. The van der Waals surface area contributed by atoms with Gasteiger partial charge in [-0.2, -0.15) is 13.6 Å². The molecular weight excluding hydrogens is 1820 g/mol. The lowest BCUT2D eigenvalue weighted by molar-refractivity contribution is -0.138. The Balaban J connectivity index is 1.67. The Morgan fingerprint density at radius 1 is 0.594 bits per heavy atom. The minimum Gasteiger partial charge on any atom is -0.496 e. The fraction of sp³-hybridized carbons (Fsp3) is 0.593. The number of methoxy groups -OCH3 is 1. The number of aromatic nitrogens is 4. The van der Waals surface area contributed by atoms with E-state index in [4.69, 9.17) is 49.6 Å². The highest BCUT2D eigenvalue weighted by molar-refractivity contribution is 7.86. The zero-order chi connectivity index (χ0) is 103. The quantitative estimate of drug-likeness (QED) is 0.00827. The maximum Gasteiger partial charge on any atom is 0.332 e. The molecule has 0 unspecified atom stereocenters. The van der Waals surface area contributed by atoms with E-state index >= 15 is 9.59 Å². The van der Waals surface area contributed by atoms with Gasteiger partial charge >= 0.3 is 10.2 Å². The first-order valence-corrected chi connectivity index (χ1v) is 46.7. The lowest BCUT2D eigenvalue weighted by atomic mass is 9.91. The lowest BCUT2D eigenvalue weighted by Crippen LogP contribution is -2.65. The van der Waals surface area contributed by atoms with Crippen LogP contribution in [-0.4, -0.2) is 265 Å². The predicted octanol–water partition coefficient (Wildman–Crippen LogP) is -5.09. The van der Waals surface area contributed by atoms with Gasteiger partial charge < -0.3 is 129 Å². The van der Waals surface area contributed by atoms with Crippen molar-refractivity contribution in [1.82, 2.24) is 116 Å². The average Bonchev–Trinajstić information content (AvgIpc) is 0.865. The minimum atomic E-state index is -5.26. The summed E-state index contributed by atoms with van der Waals surface area (Å²) in [6, 6.07) is -5.85. The van der Waals surface area contributed by atoms with Crippen molar-refractivity contribution in [1.29, 1.82) is 16.2 Å². The molecular formula is C86H137FN30O20S. The van der Waals surface area contributed by atoms with Crippen molar-refractivity contribution in [2.45, 2.75) is 274 Å². The molecule has 2 aromatic carbocycles. The number of primary amides is 2. The van der Waals surface area contributed by atoms with Crippen LogP contribution in [0.4, 0.5) is 3.89 Å². The number of hydrogen-bond acceptors (Lipinski definition) is 26. The highest BCUT2D eigenvalue weighted by atomic mass is 32.3. The van der Waals surface area contributed by atoms with Gasteiger partial charge in [-0.3, -0.25) is 97.7 Å². The van der Waals surface area contributed by atoms with Crippen molar-refractivity contribution >= 4 is 129 Å². The molecule has 764 valence electrons. The summed E-state index contributed by atoms with van der Waals surface area (Å²) < 4.78 is 42.7. The number of allylic oxidation sites excluding steroid dienone is 2. The first-order chi connectivity index (χ1) is 64.9. The molecule has 0 bridgehead atoms. The molecule has 0 fully saturated rings. The topological polar surface area (TPSA) is 806 Å². The molecule has 0 aliphatic carbocycles. The second-order valence-electron chi connectivity index (χ2n) is 34.5. The van der Waals surface area contributed by atoms with Crippen LogP contribution in [0.2, 0.25) is 0 Å². The van der Waals surface area contributed by atoms with Gasteiger partial charge in [0.05, 0.1) is 19.2 Å². The number of amides is 17. The SMILES string of the molecule is CC[C@H](C)[C@H](NC(=O)[C@H](CCCNC(=N)N)NC(=O)[C@H](CCCNC(=N)N)NC(=O)[C@H](CC(C)C)NC(=O)[C@H](CCC(N)=O)NC(=O)[C@]1(C)CCC/C=C/CCC[C@](C)(NC(C)=O)C(=O)N[C@@H](CNC(=O)c2ccc(S(=O)(=O)F)cc2OC)C(=O)N[C@@H]([C@@H](C)CC)C(=O)N[C@@H](C)C(=O)N1)C(=O)NCC(=O)N[C@@H](Cc1nn[nH]n1)C(=O)N[C@@H](CCCNC(=N)N)C(=O)N[C@@H](Cc1ccccc1)C(N)=O. The Bertz CT molecular complexity index is 4880. The van der Waals surface area contributed by atoms with Gasteiger partial charge in [0.25, 0.3) is 5.91 Å². The van der Waals surface area contributed by atoms with E-state index in [2.05, 4.69) is 116 Å². The number of ether oxygens (including phenoxy) is 1. The van der Waals surface area contributed by atoms with Gasteiger partial charge in [-0.1, -0.05) is 102 Å². The second-order valence-corrected chi connectivity index (χ2v) is 35.8. The highest BCUT2D eigenvalue weighted by Crippen LogP contribution is 2.26. The number of benzene rings is 2. The average molecular weight is 1960 g/mol. The predicted molar refractivity (Wildman–Crippen MR) is 501 cm³/mol. The third-order valence-corrected chi connectivity index (χ3v) is 23.3. The third-order valence-electron chi connectivity index (χ3n) is 22.5. The van der Waals surface area contributed by atoms with Crippen molar-refractivity contribution in [3.05, 3.63) is 77.6 Å². The Kier molecular flexibility index (Phi) is 48.4. The van der Waals surface area contributed by atoms with E-state index in [9.17, 15) is 84.2 Å². The fourth-order valence-corrected chi connectivity index (χ4v) is 14.8. The molecule has 1 aliphatic rings. The number of nitrogens with zero attached hydrogens (tertiary/aromatic N) is 3. The molecule has 0 saturated carbocycles. The smallest absolute Gasteiger partial charge is 0.332 e. The molecule has 0 radical (unpaired) electrons. The number of nitrogens with one attached hydrogen (secondary N) is 22. The van der Waals surface area contributed by atoms with Crippen LogP contribution >= 0.6 is 0 Å². The molecule has 1 aliphatic heterocycles. The summed E-state index contributed by atoms with van der Waals surface area (Å²) in [6.07, 6.45) is 2.46. The molecule has 2 heterocycles. The summed E-state index contributed by atoms with van der Waals surface area (Å²) >= 11 is 0. The first-order valence-electron chi connectivity index (χ1n) is 45.3. The van der Waals surface area contributed by atoms with Crippen molar-refractivity contribution in [2.75, 3.05) is 39.8 Å². The molecule has 4 rings (SSSR count). The number of guanidine groups is 3. The van der Waals surface area contributed by atoms with Crippen LogP contribution in [-0.2, 0) is 99.8 Å². The summed E-state index contributed by atoms with van der Waals surface area (Å²) in [5.41, 5.74) is 24.6. The molecule has 15 atom stereocenters. The fourth-order valence-electron chi connectivity index (χ4n) is 14.3. The van der Waals surface area contributed by atoms with Gasteiger partial charge in [0.15, 0.2) is 23.7 Å². The van der Waals surface area contributed by atoms with Crippen LogP contribution in [0.5, 0.6) is 5.75 Å². The maximum absolute atomic E-state index is 15.2. The van der Waals surface area contributed by atoms with E-state index < -0.39 is 261 Å². The van der Waals surface area contributed by atoms with Crippen LogP contribution < -0.4 is 129 Å². The summed E-state index contributed by atoms with van der Waals surface area (Å²) in [5.74, 6) is -19.8. The van der Waals surface area contributed by atoms with Crippen molar-refractivity contribution in [3.63, 3.8) is 0 Å². The van der Waals surface area contributed by atoms with Gasteiger partial charge in [-0.05, 0) is 146 Å². The van der Waals surface area contributed by atoms with E-state index in [1.165, 1.54) is 20.8 Å². The molecule has 0 spiro atoms. The number of tetrazole rings is 1. The normalized spacial score (nSPS) is 19.1. The molecule has 3 aromatic rings. The van der Waals surface area contributed by atoms with Crippen LogP contribution in [0, 0.1) is 34.0 Å². The largest absolute Gasteiger partial charge is 0.496 e. The van der Waals surface area contributed by atoms with Gasteiger partial charge in [-0.25, -0.2) is 0 Å². The molecule has 1 aromatic heterocycles. The number of rotatable bonds is 50. The zero-order valence-electron chi connectivity index (χ0n) is 79.5. The summed E-state index contributed by atoms with van der Waals surface area (Å²) in [6.45, 7) is 13.5. The number of aromatic amines is 1. The van der Waals surface area contributed by atoms with E-state index in [0.29, 0.717) is 5.56 Å². The van der Waals surface area contributed by atoms with E-state index in [1.54, 1.807) is 84.0 Å². The Labute approximate surface area is 799 Å². The van der Waals surface area contributed by atoms with Crippen LogP contribution in [0.3, 0.4) is 0 Å². The monoisotopic (exact) mass is 1960 g/mol. The van der Waals surface area contributed by atoms with Crippen LogP contribution in [0.1, 0.15) is 200 Å². The first kappa shape index (κ1) is 116. The Morgan fingerprint density at radius 3 is 1.61 bits per heavy atom. The standard InChI is InChI=1S/C86H137FN30O20S/c1-12-47(5)66(78(131)100-45-65(120)102-60(43-64-114-116-117-115-64)76(129)105-55(29-24-38-97-83(92)93)72(125)106-58(68(89)121)41-51-26-19-18-20-27-51)110-74(127)56(30-25-39-98-84(94)95)103-71(124)54(28-23-37-96-82(90)91)104-75(128)59(40-46(3)4)107-73(126)57(33-34-63(88)119)108-81(134)86(10)36-22-17-15-14-16-21-35-85(9,112-50(8)118)80(133)109-61(44-99-70(123)53-32-31-52(138(87,135)136)42-62(53)137-11)77(130)111-67(48(6)13-2)79(132)101-49(7)69(122)113-86/h14-15,18-20,26-27,31-32,42,46-49,54-61,66-67H,12-13,16-17,21-25,28-30,33-41,43-45H2,1-11H3,(H2,88,119)(H2,89,121)(H,99,123)(H,100,131)(H,101,132)(H,102,120)(H,103,124)(H,104,128)(H,105,129)(H,106,125)(H,107,126)(H,108,134)(H,109,133)(H,110,127)(H,111,130)(H,112,118)(H,113,122)(H4,90,91,96)(H4,92,93,97)(H4,94,95,98)(H,114,115,116,117)/b15-14+/t47-,48-,49-,54-,55-,56-,57-,58-,59-,60-,61-,66-,67-,85-,86-/m0/s1. The molecule has 50 nitrogen and oxygen atoms in total. The number of hydrogen-bond donors (Lipinski definition) is 27. The third kappa shape index (κ3) is 40.7. The van der Waals surface area contributed by atoms with Crippen molar-refractivity contribution in [3.8, 4) is 5.75 Å². The molecule has 138 heavy (non-hydrogen) atoms. The Hall–Kier alpha value is -14.3. The van der Waals surface area contributed by atoms with Gasteiger partial charge in [-0.15, -0.1) is 14.1 Å². The van der Waals surface area contributed by atoms with Crippen LogP contribution in [0.15, 0.2) is 65.6 Å². The molecule has 32 N–H and O–H groups in total. The second kappa shape index (κ2) is 57.6. The number of carbonyl (C=O) groups excluding carboxylic acids is 17. The number of nitrogens with two attached hydrogens (primary N) is 5. The van der Waals surface area contributed by atoms with Gasteiger partial charge in [0.2, 0.25) is 94.5 Å². The minimum absolute atomic E-state index is 0.000667. The molecule has 17 amide bonds. The zero-order valence-corrected chi connectivity index (χ0v) is 80.3. The highest BCUT2D eigenvalue weighted by Gasteiger charge is 2.43. The number of carbonyl (C=O) groups is 17. The Morgan fingerprint density at radius 2 is 1.12 bits per heavy atom. The van der Waals surface area contributed by atoms with E-state index in [-0.39, 0.29) is 140 Å². The summed E-state index contributed by atoms with van der Waals surface area (Å²) in [7, 11) is -4.19. The lowest BCUT2D eigenvalue weighted by Gasteiger charge is -2.34. The number of halogens is 1. The summed E-state index contributed by atoms with van der Waals surface area (Å²) in [5, 5.41) is 83.4. The summed E-state index contributed by atoms with van der Waals surface area (Å²) in [4.78, 5) is 241. The van der Waals surface area contributed by atoms with Crippen molar-refractivity contribution in [2.24, 2.45) is 46.4 Å². The van der Waals surface area contributed by atoms with E-state index in [0.717, 1.165) is 32.2 Å². The van der Waals surface area contributed by atoms with Crippen LogP contribution in [0.25, 0.3) is 0 Å². The van der Waals surface area contributed by atoms with Crippen molar-refractivity contribution < 1.29 is 98.5 Å². The molecule has 52 heteroatoms. The van der Waals surface area contributed by atoms with E-state index in [1.807, 2.05) is 0 Å².